The number of ether oxygens (including phenoxy) is 1. The largest absolute Gasteiger partial charge is 0.438 e. The lowest BCUT2D eigenvalue weighted by Crippen LogP contribution is -1.97. The quantitative estimate of drug-likeness (QED) is 0.633. The van der Waals surface area contributed by atoms with Crippen molar-refractivity contribution in [2.24, 2.45) is 0 Å². The Morgan fingerprint density at radius 3 is 2.85 bits per heavy atom. The molecule has 7 heteroatoms. The molecule has 20 heavy (non-hydrogen) atoms. The van der Waals surface area contributed by atoms with E-state index in [-0.39, 0.29) is 22.9 Å². The van der Waals surface area contributed by atoms with Gasteiger partial charge in [-0.2, -0.15) is 5.26 Å². The number of hydrogen-bond acceptors (Lipinski definition) is 5. The molecule has 0 spiro atoms. The van der Waals surface area contributed by atoms with Crippen molar-refractivity contribution in [1.29, 1.82) is 5.26 Å². The Kier molecular flexibility index (Phi) is 3.57. The lowest BCUT2D eigenvalue weighted by molar-refractivity contribution is -0.385. The van der Waals surface area contributed by atoms with Gasteiger partial charge in [0.05, 0.1) is 4.92 Å². The molecule has 0 aliphatic heterocycles. The van der Waals surface area contributed by atoms with Crippen LogP contribution in [0.3, 0.4) is 0 Å². The van der Waals surface area contributed by atoms with Crippen molar-refractivity contribution >= 4 is 5.69 Å². The highest BCUT2D eigenvalue weighted by molar-refractivity contribution is 5.46. The Hall–Kier alpha value is -3.01. The fourth-order valence-corrected chi connectivity index (χ4v) is 1.58. The summed E-state index contributed by atoms with van der Waals surface area (Å²) in [6.45, 7) is 1.53. The van der Waals surface area contributed by atoms with Crippen LogP contribution in [0.5, 0.6) is 11.6 Å². The third kappa shape index (κ3) is 2.54. The summed E-state index contributed by atoms with van der Waals surface area (Å²) < 4.78 is 18.7. The van der Waals surface area contributed by atoms with Gasteiger partial charge < -0.3 is 4.74 Å². The molecule has 0 aliphatic carbocycles. The minimum atomic E-state index is -0.705. The first kappa shape index (κ1) is 13.4. The van der Waals surface area contributed by atoms with E-state index in [1.807, 2.05) is 0 Å². The summed E-state index contributed by atoms with van der Waals surface area (Å²) in [6.07, 6.45) is 1.05. The third-order valence-electron chi connectivity index (χ3n) is 2.56. The Morgan fingerprint density at radius 1 is 1.50 bits per heavy atom. The number of aromatic nitrogens is 1. The van der Waals surface area contributed by atoms with Crippen LogP contribution < -0.4 is 4.74 Å². The standard InChI is InChI=1S/C13H8FN3O3/c1-8-5-13(16-7-11(8)17(18)19)20-12-4-2-3-10(14)9(12)6-15/h2-5,7H,1H3. The molecule has 1 heterocycles. The highest BCUT2D eigenvalue weighted by Crippen LogP contribution is 2.27. The first-order valence-corrected chi connectivity index (χ1v) is 5.50. The van der Waals surface area contributed by atoms with E-state index in [0.717, 1.165) is 12.3 Å². The molecule has 0 amide bonds. The molecule has 0 atom stereocenters. The number of hydrogen-bond donors (Lipinski definition) is 0. The van der Waals surface area contributed by atoms with Crippen molar-refractivity contribution in [2.45, 2.75) is 6.92 Å². The maximum atomic E-state index is 13.4. The molecule has 0 radical (unpaired) electrons. The van der Waals surface area contributed by atoms with Crippen molar-refractivity contribution in [3.63, 3.8) is 0 Å². The van der Waals surface area contributed by atoms with Gasteiger partial charge in [0, 0.05) is 11.6 Å². The van der Waals surface area contributed by atoms with Crippen molar-refractivity contribution in [1.82, 2.24) is 4.98 Å². The number of nitriles is 1. The van der Waals surface area contributed by atoms with Gasteiger partial charge in [-0.05, 0) is 19.1 Å². The van der Waals surface area contributed by atoms with E-state index < -0.39 is 10.7 Å². The molecule has 0 bridgehead atoms. The van der Waals surface area contributed by atoms with E-state index in [9.17, 15) is 14.5 Å². The first-order chi connectivity index (χ1) is 9.52. The molecule has 0 N–H and O–H groups in total. The van der Waals surface area contributed by atoms with E-state index in [1.165, 1.54) is 25.1 Å². The third-order valence-corrected chi connectivity index (χ3v) is 2.56. The summed E-state index contributed by atoms with van der Waals surface area (Å²) >= 11 is 0. The van der Waals surface area contributed by atoms with E-state index in [2.05, 4.69) is 4.98 Å². The molecule has 1 aromatic carbocycles. The molecular weight excluding hydrogens is 265 g/mol. The zero-order valence-electron chi connectivity index (χ0n) is 10.3. The Bertz CT molecular complexity index is 725. The molecule has 0 aliphatic rings. The highest BCUT2D eigenvalue weighted by atomic mass is 19.1. The number of nitrogens with zero attached hydrogens (tertiary/aromatic N) is 3. The highest BCUT2D eigenvalue weighted by Gasteiger charge is 2.14. The summed E-state index contributed by atoms with van der Waals surface area (Å²) in [4.78, 5) is 13.9. The molecule has 100 valence electrons. The van der Waals surface area contributed by atoms with Crippen LogP contribution in [0.15, 0.2) is 30.5 Å². The minimum Gasteiger partial charge on any atom is -0.438 e. The zero-order chi connectivity index (χ0) is 14.7. The lowest BCUT2D eigenvalue weighted by atomic mass is 10.2. The van der Waals surface area contributed by atoms with E-state index >= 15 is 0 Å². The van der Waals surface area contributed by atoms with Crippen LogP contribution in [0.1, 0.15) is 11.1 Å². The monoisotopic (exact) mass is 273 g/mol. The average molecular weight is 273 g/mol. The van der Waals surface area contributed by atoms with Gasteiger partial charge in [0.1, 0.15) is 29.4 Å². The molecule has 2 rings (SSSR count). The number of pyridine rings is 1. The number of benzene rings is 1. The molecule has 0 saturated heterocycles. The molecule has 6 nitrogen and oxygen atoms in total. The van der Waals surface area contributed by atoms with Crippen molar-refractivity contribution in [3.05, 3.63) is 57.5 Å². The topological polar surface area (TPSA) is 89.0 Å². The fraction of sp³-hybridized carbons (Fsp3) is 0.0769. The molecule has 0 unspecified atom stereocenters. The molecular formula is C13H8FN3O3. The summed E-state index contributed by atoms with van der Waals surface area (Å²) in [5.41, 5.74) is -0.0303. The van der Waals surface area contributed by atoms with Crippen LogP contribution in [0.2, 0.25) is 0 Å². The maximum absolute atomic E-state index is 13.4. The summed E-state index contributed by atoms with van der Waals surface area (Å²) in [6, 6.07) is 6.99. The maximum Gasteiger partial charge on any atom is 0.290 e. The van der Waals surface area contributed by atoms with Gasteiger partial charge in [-0.15, -0.1) is 0 Å². The minimum absolute atomic E-state index is 0.00764. The van der Waals surface area contributed by atoms with Gasteiger partial charge in [0.15, 0.2) is 0 Å². The van der Waals surface area contributed by atoms with Crippen LogP contribution >= 0.6 is 0 Å². The van der Waals surface area contributed by atoms with Gasteiger partial charge in [0.25, 0.3) is 5.69 Å². The average Bonchev–Trinajstić information content (AvgIpc) is 2.38. The van der Waals surface area contributed by atoms with Crippen LogP contribution in [0.4, 0.5) is 10.1 Å². The van der Waals surface area contributed by atoms with Crippen molar-refractivity contribution < 1.29 is 14.1 Å². The van der Waals surface area contributed by atoms with Gasteiger partial charge in [0.2, 0.25) is 5.88 Å². The second-order valence-corrected chi connectivity index (χ2v) is 3.89. The predicted octanol–water partition coefficient (Wildman–Crippen LogP) is 3.10. The first-order valence-electron chi connectivity index (χ1n) is 5.50. The van der Waals surface area contributed by atoms with Crippen LogP contribution in [-0.2, 0) is 0 Å². The second kappa shape index (κ2) is 5.32. The van der Waals surface area contributed by atoms with Gasteiger partial charge in [-0.3, -0.25) is 10.1 Å². The smallest absolute Gasteiger partial charge is 0.290 e. The molecule has 0 fully saturated rings. The van der Waals surface area contributed by atoms with Crippen LogP contribution in [0.25, 0.3) is 0 Å². The zero-order valence-corrected chi connectivity index (χ0v) is 10.3. The summed E-state index contributed by atoms with van der Waals surface area (Å²) in [5.74, 6) is -0.646. The summed E-state index contributed by atoms with van der Waals surface area (Å²) in [5, 5.41) is 19.5. The van der Waals surface area contributed by atoms with Crippen molar-refractivity contribution in [2.75, 3.05) is 0 Å². The fourth-order valence-electron chi connectivity index (χ4n) is 1.58. The van der Waals surface area contributed by atoms with E-state index in [1.54, 1.807) is 6.07 Å². The second-order valence-electron chi connectivity index (χ2n) is 3.89. The van der Waals surface area contributed by atoms with Gasteiger partial charge >= 0.3 is 0 Å². The summed E-state index contributed by atoms with van der Waals surface area (Å²) in [7, 11) is 0. The molecule has 0 saturated carbocycles. The van der Waals surface area contributed by atoms with E-state index in [0.29, 0.717) is 5.56 Å². The Morgan fingerprint density at radius 2 is 2.25 bits per heavy atom. The predicted molar refractivity (Wildman–Crippen MR) is 66.8 cm³/mol. The van der Waals surface area contributed by atoms with Crippen LogP contribution in [0, 0.1) is 34.2 Å². The van der Waals surface area contributed by atoms with Gasteiger partial charge in [-0.25, -0.2) is 9.37 Å². The van der Waals surface area contributed by atoms with Gasteiger partial charge in [-0.1, -0.05) is 6.07 Å². The lowest BCUT2D eigenvalue weighted by Gasteiger charge is -2.07. The van der Waals surface area contributed by atoms with Crippen molar-refractivity contribution in [3.8, 4) is 17.7 Å². The number of halogens is 1. The number of rotatable bonds is 3. The SMILES string of the molecule is Cc1cc(Oc2cccc(F)c2C#N)ncc1[N+](=O)[O-]. The Balaban J connectivity index is 2.37. The number of nitro groups is 1. The normalized spacial score (nSPS) is 9.85. The van der Waals surface area contributed by atoms with E-state index in [4.69, 9.17) is 10.00 Å². The molecule has 1 aromatic heterocycles. The van der Waals surface area contributed by atoms with Crippen LogP contribution in [-0.4, -0.2) is 9.91 Å². The molecule has 2 aromatic rings. The number of aryl methyl sites for hydroxylation is 1. The Labute approximate surface area is 113 Å².